The molecule has 6 nitrogen and oxygen atoms in total. The molecule has 1 atom stereocenters. The van der Waals surface area contributed by atoms with Gasteiger partial charge in [-0.3, -0.25) is 5.32 Å². The minimum absolute atomic E-state index is 0.0290. The van der Waals surface area contributed by atoms with Gasteiger partial charge in [0.2, 0.25) is 0 Å². The molecule has 1 aromatic rings. The fraction of sp³-hybridized carbons (Fsp3) is 0.250. The number of rotatable bonds is 5. The summed E-state index contributed by atoms with van der Waals surface area (Å²) in [5.74, 6) is -1.63. The van der Waals surface area contributed by atoms with Crippen LogP contribution in [0.4, 0.5) is 23.8 Å². The van der Waals surface area contributed by atoms with E-state index >= 15 is 0 Å². The first-order valence-electron chi connectivity index (χ1n) is 5.68. The number of nitrogens with one attached hydrogen (secondary N) is 2. The average Bonchev–Trinajstić information content (AvgIpc) is 2.37. The molecule has 0 saturated heterocycles. The van der Waals surface area contributed by atoms with Crippen molar-refractivity contribution in [3.05, 3.63) is 36.5 Å². The van der Waals surface area contributed by atoms with Crippen molar-refractivity contribution in [3.63, 3.8) is 0 Å². The van der Waals surface area contributed by atoms with Crippen LogP contribution >= 0.6 is 0 Å². The van der Waals surface area contributed by atoms with E-state index in [1.807, 2.05) is 5.32 Å². The summed E-state index contributed by atoms with van der Waals surface area (Å²) in [7, 11) is 0. The number of carbonyl (C=O) groups excluding carboxylic acids is 1. The van der Waals surface area contributed by atoms with Gasteiger partial charge >= 0.3 is 18.2 Å². The van der Waals surface area contributed by atoms with E-state index in [2.05, 4.69) is 16.9 Å². The van der Waals surface area contributed by atoms with Gasteiger partial charge in [0.25, 0.3) is 0 Å². The second-order valence-electron chi connectivity index (χ2n) is 3.94. The molecule has 0 bridgehead atoms. The molecular weight excluding hydrogens is 291 g/mol. The molecule has 0 aromatic carbocycles. The number of amides is 2. The van der Waals surface area contributed by atoms with E-state index in [9.17, 15) is 22.8 Å². The molecule has 1 rings (SSSR count). The molecule has 0 aliphatic heterocycles. The van der Waals surface area contributed by atoms with Gasteiger partial charge in [-0.1, -0.05) is 6.08 Å². The number of hydrogen-bond donors (Lipinski definition) is 3. The Hall–Kier alpha value is -2.58. The van der Waals surface area contributed by atoms with Crippen LogP contribution in [0.3, 0.4) is 0 Å². The van der Waals surface area contributed by atoms with Gasteiger partial charge in [-0.05, 0) is 18.6 Å². The standard InChI is InChI=1S/C12H12F3N3O3/c1-2-3-8(10(19)20)17-11(21)18-9-6-7(4-5-16-9)12(13,14)15/h2,4-6,8H,1,3H2,(H,19,20)(H2,16,17,18,21). The molecule has 0 aliphatic rings. The van der Waals surface area contributed by atoms with Crippen molar-refractivity contribution in [1.82, 2.24) is 10.3 Å². The monoisotopic (exact) mass is 303 g/mol. The van der Waals surface area contributed by atoms with Crippen molar-refractivity contribution in [3.8, 4) is 0 Å². The number of anilines is 1. The number of hydrogen-bond acceptors (Lipinski definition) is 3. The number of urea groups is 1. The molecule has 0 saturated carbocycles. The summed E-state index contributed by atoms with van der Waals surface area (Å²) in [6.07, 6.45) is -2.42. The van der Waals surface area contributed by atoms with E-state index in [0.29, 0.717) is 6.07 Å². The lowest BCUT2D eigenvalue weighted by atomic mass is 10.2. The topological polar surface area (TPSA) is 91.3 Å². The molecule has 0 fully saturated rings. The third-order valence-electron chi connectivity index (χ3n) is 2.33. The van der Waals surface area contributed by atoms with Crippen LogP contribution in [0.5, 0.6) is 0 Å². The lowest BCUT2D eigenvalue weighted by Crippen LogP contribution is -2.42. The molecule has 0 aliphatic carbocycles. The molecule has 2 amide bonds. The van der Waals surface area contributed by atoms with E-state index in [0.717, 1.165) is 12.3 Å². The molecule has 1 aromatic heterocycles. The first-order valence-corrected chi connectivity index (χ1v) is 5.68. The van der Waals surface area contributed by atoms with E-state index < -0.39 is 29.8 Å². The average molecular weight is 303 g/mol. The number of carboxylic acids is 1. The van der Waals surface area contributed by atoms with E-state index in [4.69, 9.17) is 5.11 Å². The highest BCUT2D eigenvalue weighted by Gasteiger charge is 2.31. The number of alkyl halides is 3. The SMILES string of the molecule is C=CCC(NC(=O)Nc1cc(C(F)(F)F)ccn1)C(=O)O. The lowest BCUT2D eigenvalue weighted by molar-refractivity contribution is -0.139. The second kappa shape index (κ2) is 6.73. The number of nitrogens with zero attached hydrogens (tertiary/aromatic N) is 1. The van der Waals surface area contributed by atoms with Crippen molar-refractivity contribution < 1.29 is 27.9 Å². The zero-order chi connectivity index (χ0) is 16.0. The maximum absolute atomic E-state index is 12.5. The Bertz CT molecular complexity index is 546. The van der Waals surface area contributed by atoms with E-state index in [1.54, 1.807) is 0 Å². The predicted octanol–water partition coefficient (Wildman–Crippen LogP) is 2.25. The van der Waals surface area contributed by atoms with Crippen LogP contribution < -0.4 is 10.6 Å². The van der Waals surface area contributed by atoms with Gasteiger partial charge < -0.3 is 10.4 Å². The van der Waals surface area contributed by atoms with E-state index in [1.165, 1.54) is 6.08 Å². The van der Waals surface area contributed by atoms with Crippen LogP contribution in [0.15, 0.2) is 31.0 Å². The second-order valence-corrected chi connectivity index (χ2v) is 3.94. The number of carboxylic acid groups (broad SMARTS) is 1. The van der Waals surface area contributed by atoms with Gasteiger partial charge in [0.15, 0.2) is 0 Å². The molecule has 3 N–H and O–H groups in total. The van der Waals surface area contributed by atoms with Crippen LogP contribution in [0, 0.1) is 0 Å². The van der Waals surface area contributed by atoms with Gasteiger partial charge in [-0.2, -0.15) is 13.2 Å². The quantitative estimate of drug-likeness (QED) is 0.728. The summed E-state index contributed by atoms with van der Waals surface area (Å²) in [6.45, 7) is 3.34. The van der Waals surface area contributed by atoms with Crippen molar-refractivity contribution in [1.29, 1.82) is 0 Å². The summed E-state index contributed by atoms with van der Waals surface area (Å²) in [5.41, 5.74) is -0.978. The number of aromatic nitrogens is 1. The van der Waals surface area contributed by atoms with Crippen molar-refractivity contribution in [2.45, 2.75) is 18.6 Å². The Kier molecular flexibility index (Phi) is 5.28. The third kappa shape index (κ3) is 5.13. The van der Waals surface area contributed by atoms with Crippen LogP contribution in [0.2, 0.25) is 0 Å². The molecule has 9 heteroatoms. The lowest BCUT2D eigenvalue weighted by Gasteiger charge is -2.13. The first-order chi connectivity index (χ1) is 9.74. The molecule has 0 spiro atoms. The van der Waals surface area contributed by atoms with Crippen LogP contribution in [-0.2, 0) is 11.0 Å². The summed E-state index contributed by atoms with van der Waals surface area (Å²) < 4.78 is 37.4. The first kappa shape index (κ1) is 16.5. The summed E-state index contributed by atoms with van der Waals surface area (Å²) in [5, 5.41) is 12.9. The highest BCUT2D eigenvalue weighted by Crippen LogP contribution is 2.29. The molecule has 114 valence electrons. The fourth-order valence-electron chi connectivity index (χ4n) is 1.37. The Morgan fingerprint density at radius 1 is 1.48 bits per heavy atom. The maximum atomic E-state index is 12.5. The largest absolute Gasteiger partial charge is 0.480 e. The number of pyridine rings is 1. The normalized spacial score (nSPS) is 12.3. The Morgan fingerprint density at radius 3 is 2.67 bits per heavy atom. The summed E-state index contributed by atoms with van der Waals surface area (Å²) >= 11 is 0. The Morgan fingerprint density at radius 2 is 2.14 bits per heavy atom. The molecular formula is C12H12F3N3O3. The van der Waals surface area contributed by atoms with Crippen molar-refractivity contribution >= 4 is 17.8 Å². The van der Waals surface area contributed by atoms with Gasteiger partial charge in [-0.15, -0.1) is 6.58 Å². The highest BCUT2D eigenvalue weighted by atomic mass is 19.4. The zero-order valence-electron chi connectivity index (χ0n) is 10.6. The maximum Gasteiger partial charge on any atom is 0.416 e. The smallest absolute Gasteiger partial charge is 0.416 e. The van der Waals surface area contributed by atoms with Gasteiger partial charge in [0.05, 0.1) is 5.56 Å². The van der Waals surface area contributed by atoms with Crippen molar-refractivity contribution in [2.75, 3.05) is 5.32 Å². The van der Waals surface area contributed by atoms with Crippen LogP contribution in [-0.4, -0.2) is 28.1 Å². The highest BCUT2D eigenvalue weighted by molar-refractivity contribution is 5.91. The molecule has 1 heterocycles. The van der Waals surface area contributed by atoms with Gasteiger partial charge in [0.1, 0.15) is 11.9 Å². The zero-order valence-corrected chi connectivity index (χ0v) is 10.6. The van der Waals surface area contributed by atoms with Gasteiger partial charge in [-0.25, -0.2) is 14.6 Å². The number of aliphatic carboxylic acids is 1. The third-order valence-corrected chi connectivity index (χ3v) is 2.33. The fourth-order valence-corrected chi connectivity index (χ4v) is 1.37. The molecule has 1 unspecified atom stereocenters. The minimum Gasteiger partial charge on any atom is -0.480 e. The van der Waals surface area contributed by atoms with Crippen LogP contribution in [0.25, 0.3) is 0 Å². The Balaban J connectivity index is 2.75. The Labute approximate surface area is 117 Å². The van der Waals surface area contributed by atoms with E-state index in [-0.39, 0.29) is 12.2 Å². The van der Waals surface area contributed by atoms with Crippen molar-refractivity contribution in [2.24, 2.45) is 0 Å². The van der Waals surface area contributed by atoms with Crippen LogP contribution in [0.1, 0.15) is 12.0 Å². The molecule has 0 radical (unpaired) electrons. The minimum atomic E-state index is -4.57. The predicted molar refractivity (Wildman–Crippen MR) is 67.6 cm³/mol. The summed E-state index contributed by atoms with van der Waals surface area (Å²) in [4.78, 5) is 25.9. The van der Waals surface area contributed by atoms with Gasteiger partial charge in [0, 0.05) is 6.20 Å². The molecule has 21 heavy (non-hydrogen) atoms. The number of halogens is 3. The summed E-state index contributed by atoms with van der Waals surface area (Å²) in [6, 6.07) is -0.812. The number of carbonyl (C=O) groups is 2.